The molecule has 0 radical (unpaired) electrons. The third-order valence-corrected chi connectivity index (χ3v) is 1.66. The van der Waals surface area contributed by atoms with E-state index in [0.717, 1.165) is 0 Å². The number of hydrogen-bond acceptors (Lipinski definition) is 4. The summed E-state index contributed by atoms with van der Waals surface area (Å²) in [6.45, 7) is 5.67. The smallest absolute Gasteiger partial charge is 0.382 e. The number of carboxylic acids is 1. The molecule has 0 amide bonds. The summed E-state index contributed by atoms with van der Waals surface area (Å²) in [7, 11) is 0. The first-order valence-electron chi connectivity index (χ1n) is 4.06. The number of Topliss-reactive ketones (excluding diaryl/α,β-unsaturated/α-hetero) is 1. The van der Waals surface area contributed by atoms with E-state index in [0.29, 0.717) is 5.69 Å². The number of carbonyl (C=O) groups excluding carboxylic acids is 1. The second kappa shape index (κ2) is 3.25. The van der Waals surface area contributed by atoms with Gasteiger partial charge in [-0.1, -0.05) is 20.8 Å². The molecule has 0 aliphatic rings. The molecule has 5 heteroatoms. The molecule has 14 heavy (non-hydrogen) atoms. The van der Waals surface area contributed by atoms with Gasteiger partial charge >= 0.3 is 11.8 Å². The third-order valence-electron chi connectivity index (χ3n) is 1.66. The molecule has 1 N–H and O–H groups in total. The number of carboxylic acid groups (broad SMARTS) is 1. The lowest BCUT2D eigenvalue weighted by Gasteiger charge is -2.12. The van der Waals surface area contributed by atoms with E-state index in [2.05, 4.69) is 4.98 Å². The summed E-state index contributed by atoms with van der Waals surface area (Å²) in [5.74, 6) is -3.06. The molecule has 0 bridgehead atoms. The van der Waals surface area contributed by atoms with E-state index in [9.17, 15) is 9.59 Å². The second-order valence-corrected chi connectivity index (χ2v) is 3.92. The highest BCUT2D eigenvalue weighted by Gasteiger charge is 2.24. The Bertz CT molecular complexity index is 372. The van der Waals surface area contributed by atoms with Crippen LogP contribution >= 0.6 is 0 Å². The van der Waals surface area contributed by atoms with Crippen LogP contribution in [0.15, 0.2) is 10.7 Å². The first kappa shape index (κ1) is 10.4. The summed E-state index contributed by atoms with van der Waals surface area (Å²) < 4.78 is 4.77. The molecule has 1 heterocycles. The molecule has 1 rings (SSSR count). The zero-order valence-electron chi connectivity index (χ0n) is 8.20. The van der Waals surface area contributed by atoms with Crippen LogP contribution in [0.2, 0.25) is 0 Å². The number of nitrogens with zero attached hydrogens (tertiary/aromatic N) is 1. The van der Waals surface area contributed by atoms with E-state index in [1.54, 1.807) is 0 Å². The van der Waals surface area contributed by atoms with E-state index >= 15 is 0 Å². The predicted molar refractivity (Wildman–Crippen MR) is 47.2 cm³/mol. The van der Waals surface area contributed by atoms with Crippen molar-refractivity contribution < 1.29 is 19.1 Å². The predicted octanol–water partition coefficient (Wildman–Crippen LogP) is 1.24. The number of hydrogen-bond donors (Lipinski definition) is 1. The second-order valence-electron chi connectivity index (χ2n) is 3.92. The van der Waals surface area contributed by atoms with Gasteiger partial charge in [0.2, 0.25) is 0 Å². The van der Waals surface area contributed by atoms with Gasteiger partial charge in [0, 0.05) is 5.41 Å². The molecule has 0 saturated heterocycles. The number of carbonyl (C=O) groups is 2. The Balaban J connectivity index is 3.00. The van der Waals surface area contributed by atoms with Gasteiger partial charge < -0.3 is 9.52 Å². The molecule has 1 aromatic rings. The van der Waals surface area contributed by atoms with Crippen LogP contribution < -0.4 is 0 Å². The van der Waals surface area contributed by atoms with Crippen LogP contribution in [-0.4, -0.2) is 21.8 Å². The number of ketones is 1. The summed E-state index contributed by atoms with van der Waals surface area (Å²) in [4.78, 5) is 25.0. The van der Waals surface area contributed by atoms with E-state index in [1.807, 2.05) is 20.8 Å². The maximum Gasteiger partial charge on any atom is 0.382 e. The minimum absolute atomic E-state index is 0.263. The molecule has 0 atom stereocenters. The molecule has 76 valence electrons. The Morgan fingerprint density at radius 2 is 2.00 bits per heavy atom. The molecule has 5 nitrogen and oxygen atoms in total. The minimum atomic E-state index is -1.56. The van der Waals surface area contributed by atoms with Crippen molar-refractivity contribution >= 4 is 11.8 Å². The lowest BCUT2D eigenvalue weighted by atomic mass is 9.93. The quantitative estimate of drug-likeness (QED) is 0.569. The van der Waals surface area contributed by atoms with Gasteiger partial charge in [-0.15, -0.1) is 0 Å². The lowest BCUT2D eigenvalue weighted by Crippen LogP contribution is -2.15. The van der Waals surface area contributed by atoms with Gasteiger partial charge in [-0.25, -0.2) is 9.78 Å². The summed E-state index contributed by atoms with van der Waals surface area (Å²) in [6.07, 6.45) is 1.30. The highest BCUT2D eigenvalue weighted by Crippen LogP contribution is 2.21. The van der Waals surface area contributed by atoms with Crippen molar-refractivity contribution in [2.45, 2.75) is 26.2 Å². The Morgan fingerprint density at radius 3 is 2.36 bits per heavy atom. The first-order valence-corrected chi connectivity index (χ1v) is 4.06. The maximum atomic E-state index is 10.9. The maximum absolute atomic E-state index is 10.9. The molecule has 0 aliphatic heterocycles. The minimum Gasteiger partial charge on any atom is -0.475 e. The standard InChI is InChI=1S/C9H11NO4/c1-9(2,3)5-4-14-7(10-5)6(11)8(12)13/h4H,1-3H3,(H,12,13). The molecule has 0 aliphatic carbocycles. The molecular weight excluding hydrogens is 186 g/mol. The number of aromatic nitrogens is 1. The van der Waals surface area contributed by atoms with E-state index in [1.165, 1.54) is 6.26 Å². The fourth-order valence-electron chi connectivity index (χ4n) is 0.814. The topological polar surface area (TPSA) is 80.4 Å². The lowest BCUT2D eigenvalue weighted by molar-refractivity contribution is -0.132. The van der Waals surface area contributed by atoms with Crippen LogP contribution in [-0.2, 0) is 10.2 Å². The highest BCUT2D eigenvalue weighted by molar-refractivity contribution is 6.38. The molecule has 0 spiro atoms. The van der Waals surface area contributed by atoms with E-state index in [-0.39, 0.29) is 11.3 Å². The molecule has 0 fully saturated rings. The summed E-state index contributed by atoms with van der Waals surface area (Å²) in [5, 5.41) is 8.40. The Kier molecular flexibility index (Phi) is 2.42. The van der Waals surface area contributed by atoms with Crippen LogP contribution in [0.3, 0.4) is 0 Å². The fraction of sp³-hybridized carbons (Fsp3) is 0.444. The van der Waals surface area contributed by atoms with Gasteiger partial charge in [-0.3, -0.25) is 4.79 Å². The van der Waals surface area contributed by atoms with Crippen molar-refractivity contribution in [2.24, 2.45) is 0 Å². The van der Waals surface area contributed by atoms with Crippen molar-refractivity contribution in [3.05, 3.63) is 17.8 Å². The summed E-state index contributed by atoms with van der Waals surface area (Å²) in [5.41, 5.74) is 0.294. The van der Waals surface area contributed by atoms with Gasteiger partial charge in [-0.2, -0.15) is 0 Å². The fourth-order valence-corrected chi connectivity index (χ4v) is 0.814. The van der Waals surface area contributed by atoms with Crippen LogP contribution in [0, 0.1) is 0 Å². The largest absolute Gasteiger partial charge is 0.475 e. The number of aliphatic carboxylic acids is 1. The van der Waals surface area contributed by atoms with Crippen LogP contribution in [0.25, 0.3) is 0 Å². The van der Waals surface area contributed by atoms with Gasteiger partial charge in [0.05, 0.1) is 5.69 Å². The molecule has 0 aromatic carbocycles. The average Bonchev–Trinajstić information content (AvgIpc) is 2.49. The molecule has 1 aromatic heterocycles. The van der Waals surface area contributed by atoms with E-state index < -0.39 is 11.8 Å². The average molecular weight is 197 g/mol. The van der Waals surface area contributed by atoms with Gasteiger partial charge in [0.1, 0.15) is 6.26 Å². The number of oxazole rings is 1. The van der Waals surface area contributed by atoms with Crippen molar-refractivity contribution in [1.82, 2.24) is 4.98 Å². The van der Waals surface area contributed by atoms with Gasteiger partial charge in [0.25, 0.3) is 5.89 Å². The zero-order chi connectivity index (χ0) is 10.9. The normalized spacial score (nSPS) is 11.4. The Morgan fingerprint density at radius 1 is 1.43 bits per heavy atom. The van der Waals surface area contributed by atoms with Crippen molar-refractivity contribution in [2.75, 3.05) is 0 Å². The highest BCUT2D eigenvalue weighted by atomic mass is 16.4. The first-order chi connectivity index (χ1) is 6.32. The van der Waals surface area contributed by atoms with Crippen molar-refractivity contribution in [1.29, 1.82) is 0 Å². The van der Waals surface area contributed by atoms with Crippen LogP contribution in [0.5, 0.6) is 0 Å². The molecule has 0 unspecified atom stereocenters. The summed E-state index contributed by atoms with van der Waals surface area (Å²) in [6, 6.07) is 0. The monoisotopic (exact) mass is 197 g/mol. The van der Waals surface area contributed by atoms with Crippen LogP contribution in [0.4, 0.5) is 0 Å². The summed E-state index contributed by atoms with van der Waals surface area (Å²) >= 11 is 0. The molecular formula is C9H11NO4. The third kappa shape index (κ3) is 1.99. The zero-order valence-corrected chi connectivity index (χ0v) is 8.20. The Hall–Kier alpha value is -1.65. The SMILES string of the molecule is CC(C)(C)c1coc(C(=O)C(=O)O)n1. The van der Waals surface area contributed by atoms with Gasteiger partial charge in [-0.05, 0) is 0 Å². The Labute approximate surface area is 80.8 Å². The van der Waals surface area contributed by atoms with Crippen molar-refractivity contribution in [3.63, 3.8) is 0 Å². The van der Waals surface area contributed by atoms with Gasteiger partial charge in [0.15, 0.2) is 0 Å². The van der Waals surface area contributed by atoms with Crippen molar-refractivity contribution in [3.8, 4) is 0 Å². The van der Waals surface area contributed by atoms with Crippen LogP contribution in [0.1, 0.15) is 37.2 Å². The molecule has 0 saturated carbocycles. The van der Waals surface area contributed by atoms with E-state index in [4.69, 9.17) is 9.52 Å². The number of rotatable bonds is 2.